The molecule has 6 nitrogen and oxygen atoms in total. The molecule has 1 aromatic rings. The first-order valence-electron chi connectivity index (χ1n) is 8.89. The molecule has 0 bridgehead atoms. The number of piperidine rings is 1. The minimum Gasteiger partial charge on any atom is -0.468 e. The van der Waals surface area contributed by atoms with Gasteiger partial charge in [0.05, 0.1) is 11.6 Å². The van der Waals surface area contributed by atoms with Crippen molar-refractivity contribution >= 4 is 11.8 Å². The van der Waals surface area contributed by atoms with Crippen LogP contribution in [0.25, 0.3) is 0 Å². The number of furan rings is 1. The predicted molar refractivity (Wildman–Crippen MR) is 90.6 cm³/mol. The number of carbonyl (C=O) groups excluding carboxylic acids is 2. The topological polar surface area (TPSA) is 88.6 Å². The van der Waals surface area contributed by atoms with Gasteiger partial charge in [0, 0.05) is 25.0 Å². The van der Waals surface area contributed by atoms with Gasteiger partial charge in [-0.2, -0.15) is 0 Å². The number of nitrogens with zero attached hydrogens (tertiary/aromatic N) is 1. The lowest BCUT2D eigenvalue weighted by molar-refractivity contribution is -0.133. The lowest BCUT2D eigenvalue weighted by Crippen LogP contribution is -2.49. The van der Waals surface area contributed by atoms with Gasteiger partial charge >= 0.3 is 0 Å². The average Bonchev–Trinajstić information content (AvgIpc) is 3.31. The minimum atomic E-state index is -0.444. The van der Waals surface area contributed by atoms with E-state index in [9.17, 15) is 9.59 Å². The second kappa shape index (κ2) is 6.97. The Morgan fingerprint density at radius 3 is 2.50 bits per heavy atom. The van der Waals surface area contributed by atoms with Gasteiger partial charge in [-0.1, -0.05) is 0 Å². The summed E-state index contributed by atoms with van der Waals surface area (Å²) in [6.07, 6.45) is 5.64. The normalized spacial score (nSPS) is 21.4. The highest BCUT2D eigenvalue weighted by Crippen LogP contribution is 2.40. The van der Waals surface area contributed by atoms with Crippen molar-refractivity contribution in [1.82, 2.24) is 10.2 Å². The van der Waals surface area contributed by atoms with Gasteiger partial charge in [0.2, 0.25) is 5.91 Å². The molecule has 0 aromatic carbocycles. The van der Waals surface area contributed by atoms with Crippen LogP contribution in [0.3, 0.4) is 0 Å². The molecule has 1 saturated carbocycles. The molecular weight excluding hydrogens is 306 g/mol. The zero-order valence-corrected chi connectivity index (χ0v) is 14.5. The van der Waals surface area contributed by atoms with Crippen LogP contribution in [-0.4, -0.2) is 41.9 Å². The molecule has 132 valence electrons. The summed E-state index contributed by atoms with van der Waals surface area (Å²) in [6.45, 7) is 5.18. The Hall–Kier alpha value is -1.82. The smallest absolute Gasteiger partial charge is 0.254 e. The van der Waals surface area contributed by atoms with Gasteiger partial charge in [-0.15, -0.1) is 0 Å². The van der Waals surface area contributed by atoms with E-state index in [2.05, 4.69) is 5.32 Å². The van der Waals surface area contributed by atoms with Crippen LogP contribution >= 0.6 is 0 Å². The van der Waals surface area contributed by atoms with Crippen LogP contribution in [0.2, 0.25) is 0 Å². The largest absolute Gasteiger partial charge is 0.468 e. The van der Waals surface area contributed by atoms with E-state index in [1.165, 1.54) is 0 Å². The molecule has 2 atom stereocenters. The van der Waals surface area contributed by atoms with E-state index in [-0.39, 0.29) is 17.9 Å². The molecule has 1 aromatic heterocycles. The molecule has 6 heteroatoms. The number of amides is 2. The van der Waals surface area contributed by atoms with Crippen LogP contribution in [0.15, 0.2) is 16.7 Å². The lowest BCUT2D eigenvalue weighted by Gasteiger charge is -2.35. The third-order valence-corrected chi connectivity index (χ3v) is 5.17. The molecule has 2 heterocycles. The van der Waals surface area contributed by atoms with Crippen molar-refractivity contribution in [1.29, 1.82) is 0 Å². The summed E-state index contributed by atoms with van der Waals surface area (Å²) in [7, 11) is 0. The van der Waals surface area contributed by atoms with E-state index in [1.807, 2.05) is 17.9 Å². The average molecular weight is 333 g/mol. The standard InChI is InChI=1S/C18H27N3O3/c1-11(19)18(23)21-7-5-13(6-8-21)12(2)20-17(22)15-9-16(24-10-15)14-3-4-14/h9-14H,3-8,19H2,1-2H3,(H,20,22)/t11-,12?/m1/s1. The second-order valence-electron chi connectivity index (χ2n) is 7.23. The minimum absolute atomic E-state index is 0.0103. The Bertz CT molecular complexity index is 598. The molecule has 2 amide bonds. The number of carbonyl (C=O) groups is 2. The van der Waals surface area contributed by atoms with Gasteiger partial charge < -0.3 is 20.4 Å². The summed E-state index contributed by atoms with van der Waals surface area (Å²) in [6, 6.07) is 1.49. The zero-order chi connectivity index (χ0) is 17.3. The molecule has 3 N–H and O–H groups in total. The highest BCUT2D eigenvalue weighted by atomic mass is 16.3. The van der Waals surface area contributed by atoms with Crippen molar-refractivity contribution in [2.45, 2.75) is 57.5 Å². The zero-order valence-electron chi connectivity index (χ0n) is 14.5. The van der Waals surface area contributed by atoms with Crippen LogP contribution in [0, 0.1) is 5.92 Å². The number of hydrogen-bond donors (Lipinski definition) is 2. The quantitative estimate of drug-likeness (QED) is 0.861. The number of nitrogens with one attached hydrogen (secondary N) is 1. The van der Waals surface area contributed by atoms with Crippen LogP contribution in [-0.2, 0) is 4.79 Å². The Morgan fingerprint density at radius 2 is 1.92 bits per heavy atom. The summed E-state index contributed by atoms with van der Waals surface area (Å²) < 4.78 is 5.48. The third-order valence-electron chi connectivity index (χ3n) is 5.17. The third kappa shape index (κ3) is 3.80. The number of hydrogen-bond acceptors (Lipinski definition) is 4. The molecule has 1 aliphatic heterocycles. The highest BCUT2D eigenvalue weighted by Gasteiger charge is 2.30. The van der Waals surface area contributed by atoms with E-state index in [0.717, 1.165) is 31.4 Å². The van der Waals surface area contributed by atoms with Gasteiger partial charge in [-0.05, 0) is 51.5 Å². The Balaban J connectivity index is 1.49. The fourth-order valence-corrected chi connectivity index (χ4v) is 3.37. The molecule has 3 rings (SSSR count). The second-order valence-corrected chi connectivity index (χ2v) is 7.23. The molecule has 24 heavy (non-hydrogen) atoms. The van der Waals surface area contributed by atoms with Crippen molar-refractivity contribution in [3.63, 3.8) is 0 Å². The molecule has 0 radical (unpaired) electrons. The maximum atomic E-state index is 12.4. The number of nitrogens with two attached hydrogens (primary N) is 1. The molecule has 1 unspecified atom stereocenters. The van der Waals surface area contributed by atoms with Gasteiger partial charge in [0.15, 0.2) is 0 Å². The number of likely N-dealkylation sites (tertiary alicyclic amines) is 1. The van der Waals surface area contributed by atoms with E-state index < -0.39 is 6.04 Å². The van der Waals surface area contributed by atoms with Gasteiger partial charge in [0.1, 0.15) is 12.0 Å². The van der Waals surface area contributed by atoms with E-state index in [1.54, 1.807) is 13.2 Å². The fourth-order valence-electron chi connectivity index (χ4n) is 3.37. The summed E-state index contributed by atoms with van der Waals surface area (Å²) in [5, 5.41) is 3.08. The molecule has 2 aliphatic rings. The first-order valence-corrected chi connectivity index (χ1v) is 8.89. The van der Waals surface area contributed by atoms with Crippen LogP contribution in [0.5, 0.6) is 0 Å². The van der Waals surface area contributed by atoms with E-state index in [4.69, 9.17) is 10.2 Å². The molecule has 0 spiro atoms. The maximum Gasteiger partial charge on any atom is 0.254 e. The molecular formula is C18H27N3O3. The van der Waals surface area contributed by atoms with E-state index in [0.29, 0.717) is 30.5 Å². The van der Waals surface area contributed by atoms with Gasteiger partial charge in [0.25, 0.3) is 5.91 Å². The van der Waals surface area contributed by atoms with Crippen molar-refractivity contribution in [3.05, 3.63) is 23.7 Å². The Labute approximate surface area is 142 Å². The maximum absolute atomic E-state index is 12.4. The van der Waals surface area contributed by atoms with Crippen molar-refractivity contribution in [3.8, 4) is 0 Å². The lowest BCUT2D eigenvalue weighted by atomic mass is 9.90. The predicted octanol–water partition coefficient (Wildman–Crippen LogP) is 1.86. The first kappa shape index (κ1) is 17.0. The van der Waals surface area contributed by atoms with Crippen LogP contribution in [0.4, 0.5) is 0 Å². The van der Waals surface area contributed by atoms with Gasteiger partial charge in [-0.3, -0.25) is 9.59 Å². The van der Waals surface area contributed by atoms with Crippen LogP contribution < -0.4 is 11.1 Å². The summed E-state index contributed by atoms with van der Waals surface area (Å²) in [4.78, 5) is 26.1. The molecule has 1 saturated heterocycles. The van der Waals surface area contributed by atoms with Crippen LogP contribution in [0.1, 0.15) is 61.6 Å². The summed E-state index contributed by atoms with van der Waals surface area (Å²) >= 11 is 0. The van der Waals surface area contributed by atoms with Crippen molar-refractivity contribution < 1.29 is 14.0 Å². The van der Waals surface area contributed by atoms with Crippen molar-refractivity contribution in [2.24, 2.45) is 11.7 Å². The SMILES string of the molecule is CC(NC(=O)c1coc(C2CC2)c1)C1CCN(C(=O)[C@@H](C)N)CC1. The van der Waals surface area contributed by atoms with E-state index >= 15 is 0 Å². The fraction of sp³-hybridized carbons (Fsp3) is 0.667. The Kier molecular flexibility index (Phi) is 4.94. The monoisotopic (exact) mass is 333 g/mol. The highest BCUT2D eigenvalue weighted by molar-refractivity contribution is 5.94. The molecule has 1 aliphatic carbocycles. The molecule has 2 fully saturated rings. The Morgan fingerprint density at radius 1 is 1.25 bits per heavy atom. The first-order chi connectivity index (χ1) is 11.5. The summed E-state index contributed by atoms with van der Waals surface area (Å²) in [5.74, 6) is 1.75. The van der Waals surface area contributed by atoms with Gasteiger partial charge in [-0.25, -0.2) is 0 Å². The van der Waals surface area contributed by atoms with Crippen molar-refractivity contribution in [2.75, 3.05) is 13.1 Å². The number of rotatable bonds is 5. The summed E-state index contributed by atoms with van der Waals surface area (Å²) in [5.41, 5.74) is 6.27.